The van der Waals surface area contributed by atoms with Crippen molar-refractivity contribution in [1.82, 2.24) is 9.91 Å². The lowest BCUT2D eigenvalue weighted by Gasteiger charge is -2.51. The number of aromatic hydroxyl groups is 2. The summed E-state index contributed by atoms with van der Waals surface area (Å²) in [5, 5.41) is 23.7. The van der Waals surface area contributed by atoms with Gasteiger partial charge >= 0.3 is 0 Å². The number of carbonyl (C=O) groups is 4. The number of phenols is 2. The molecule has 2 saturated heterocycles. The van der Waals surface area contributed by atoms with Crippen molar-refractivity contribution in [1.29, 1.82) is 0 Å². The Hall–Kier alpha value is -5.84. The SMILES string of the molecule is COc1ccc(C23C(=O)N(Nc4ccc(Cl)cc4Cl)C(=O)C2CC2C(=CCC4C(=O)N(CCc5ccc(O)cc5)C(=O)C42)C3c2ccc(O)c3ccccc23)cc1. The van der Waals surface area contributed by atoms with Crippen molar-refractivity contribution < 1.29 is 34.1 Å². The van der Waals surface area contributed by atoms with Gasteiger partial charge in [0.25, 0.3) is 11.8 Å². The minimum Gasteiger partial charge on any atom is -0.508 e. The lowest BCUT2D eigenvalue weighted by atomic mass is 9.49. The van der Waals surface area contributed by atoms with Crippen LogP contribution in [0.3, 0.4) is 0 Å². The molecule has 0 bridgehead atoms. The van der Waals surface area contributed by atoms with Gasteiger partial charge in [-0.15, -0.1) is 0 Å². The molecule has 0 aromatic heterocycles. The van der Waals surface area contributed by atoms with E-state index >= 15 is 9.59 Å². The van der Waals surface area contributed by atoms with Crippen molar-refractivity contribution in [2.75, 3.05) is 19.1 Å². The standard InChI is InChI=1S/C45H37Cl2N3O7/c1-57-28-13-8-25(9-14-28)45-35(42(54)50(44(45)56)48-37-18-10-26(46)22-36(37)47)23-34-32(40(45)31-17-19-38(52)30-5-3-2-4-29(30)31)15-16-33-39(34)43(55)49(41(33)53)21-20-24-6-11-27(51)12-7-24/h2-15,17-19,22,33-35,39-40,48,51-52H,16,20-21,23H2,1H3. The second-order valence-corrected chi connectivity index (χ2v) is 16.0. The minimum atomic E-state index is -1.55. The molecule has 2 aliphatic heterocycles. The number of anilines is 1. The number of carbonyl (C=O) groups excluding carboxylic acids is 4. The third-order valence-electron chi connectivity index (χ3n) is 12.5. The Morgan fingerprint density at radius 2 is 1.56 bits per heavy atom. The Balaban J connectivity index is 1.22. The highest BCUT2D eigenvalue weighted by Crippen LogP contribution is 2.65. The Labute approximate surface area is 338 Å². The van der Waals surface area contributed by atoms with Crippen LogP contribution >= 0.6 is 23.2 Å². The van der Waals surface area contributed by atoms with E-state index in [1.165, 1.54) is 11.0 Å². The second-order valence-electron chi connectivity index (χ2n) is 15.2. The molecule has 3 fully saturated rings. The Kier molecular flexibility index (Phi) is 9.01. The molecule has 0 spiro atoms. The molecule has 5 aromatic carbocycles. The summed E-state index contributed by atoms with van der Waals surface area (Å²) in [7, 11) is 1.55. The van der Waals surface area contributed by atoms with Crippen molar-refractivity contribution in [3.05, 3.63) is 142 Å². The summed E-state index contributed by atoms with van der Waals surface area (Å²) in [5.41, 5.74) is 4.73. The summed E-state index contributed by atoms with van der Waals surface area (Å²) >= 11 is 12.8. The quantitative estimate of drug-likeness (QED) is 0.107. The number of likely N-dealkylation sites (tertiary alicyclic amines) is 1. The number of hydrogen-bond acceptors (Lipinski definition) is 8. The van der Waals surface area contributed by atoms with Gasteiger partial charge in [-0.3, -0.25) is 29.5 Å². The van der Waals surface area contributed by atoms with Crippen molar-refractivity contribution in [2.24, 2.45) is 23.7 Å². The normalized spacial score (nSPS) is 25.3. The van der Waals surface area contributed by atoms with E-state index in [4.69, 9.17) is 27.9 Å². The van der Waals surface area contributed by atoms with Crippen LogP contribution in [0.4, 0.5) is 5.69 Å². The topological polar surface area (TPSA) is 136 Å². The summed E-state index contributed by atoms with van der Waals surface area (Å²) in [4.78, 5) is 60.8. The first-order chi connectivity index (χ1) is 27.5. The smallest absolute Gasteiger partial charge is 0.260 e. The van der Waals surface area contributed by atoms with Gasteiger partial charge in [0, 0.05) is 22.9 Å². The van der Waals surface area contributed by atoms with Crippen LogP contribution in [-0.2, 0) is 31.0 Å². The molecule has 2 heterocycles. The molecular weight excluding hydrogens is 765 g/mol. The van der Waals surface area contributed by atoms with Gasteiger partial charge in [0.2, 0.25) is 11.8 Å². The van der Waals surface area contributed by atoms with Gasteiger partial charge in [0.05, 0.1) is 41.0 Å². The minimum absolute atomic E-state index is 0.0600. The third-order valence-corrected chi connectivity index (χ3v) is 13.0. The molecule has 2 aliphatic carbocycles. The number of amides is 4. The fraction of sp³-hybridized carbons (Fsp3) is 0.244. The molecule has 6 unspecified atom stereocenters. The van der Waals surface area contributed by atoms with E-state index < -0.39 is 46.8 Å². The number of allylic oxidation sites excluding steroid dienone is 2. The highest BCUT2D eigenvalue weighted by Gasteiger charge is 2.70. The molecule has 4 amide bonds. The highest BCUT2D eigenvalue weighted by atomic mass is 35.5. The predicted molar refractivity (Wildman–Crippen MR) is 215 cm³/mol. The van der Waals surface area contributed by atoms with E-state index in [0.717, 1.165) is 16.1 Å². The Bertz CT molecular complexity index is 2520. The molecular formula is C45H37Cl2N3O7. The van der Waals surface area contributed by atoms with Crippen molar-refractivity contribution in [2.45, 2.75) is 30.6 Å². The number of ether oxygens (including phenoxy) is 1. The van der Waals surface area contributed by atoms with Crippen LogP contribution in [0.25, 0.3) is 10.8 Å². The monoisotopic (exact) mass is 801 g/mol. The molecule has 10 nitrogen and oxygen atoms in total. The number of nitrogens with zero attached hydrogens (tertiary/aromatic N) is 2. The average molecular weight is 803 g/mol. The fourth-order valence-corrected chi connectivity index (χ4v) is 10.4. The molecule has 9 rings (SSSR count). The van der Waals surface area contributed by atoms with E-state index in [0.29, 0.717) is 44.8 Å². The summed E-state index contributed by atoms with van der Waals surface area (Å²) < 4.78 is 5.51. The van der Waals surface area contributed by atoms with Crippen LogP contribution < -0.4 is 10.2 Å². The van der Waals surface area contributed by atoms with E-state index in [-0.39, 0.29) is 47.7 Å². The molecule has 6 atom stereocenters. The van der Waals surface area contributed by atoms with Gasteiger partial charge in [-0.1, -0.05) is 89.4 Å². The predicted octanol–water partition coefficient (Wildman–Crippen LogP) is 7.79. The first-order valence-corrected chi connectivity index (χ1v) is 19.6. The zero-order valence-electron chi connectivity index (χ0n) is 30.7. The second kappa shape index (κ2) is 14.0. The summed E-state index contributed by atoms with van der Waals surface area (Å²) in [6.45, 7) is 0.166. The maximum Gasteiger partial charge on any atom is 0.260 e. The van der Waals surface area contributed by atoms with Crippen LogP contribution in [-0.4, -0.2) is 57.4 Å². The first kappa shape index (κ1) is 36.8. The molecule has 3 N–H and O–H groups in total. The fourth-order valence-electron chi connectivity index (χ4n) is 9.94. The van der Waals surface area contributed by atoms with Gasteiger partial charge in [0.1, 0.15) is 17.2 Å². The van der Waals surface area contributed by atoms with Crippen LogP contribution in [0.1, 0.15) is 35.4 Å². The lowest BCUT2D eigenvalue weighted by Crippen LogP contribution is -2.53. The van der Waals surface area contributed by atoms with Gasteiger partial charge < -0.3 is 14.9 Å². The molecule has 5 aromatic rings. The summed E-state index contributed by atoms with van der Waals surface area (Å²) in [6.07, 6.45) is 2.82. The number of hydrazine groups is 1. The van der Waals surface area contributed by atoms with Crippen LogP contribution in [0.2, 0.25) is 10.0 Å². The van der Waals surface area contributed by atoms with Crippen molar-refractivity contribution >= 4 is 63.3 Å². The number of nitrogens with one attached hydrogen (secondary N) is 1. The first-order valence-electron chi connectivity index (χ1n) is 18.8. The number of hydrogen-bond donors (Lipinski definition) is 3. The van der Waals surface area contributed by atoms with Crippen molar-refractivity contribution in [3.63, 3.8) is 0 Å². The maximum absolute atomic E-state index is 15.6. The third kappa shape index (κ3) is 5.68. The van der Waals surface area contributed by atoms with Crippen LogP contribution in [0, 0.1) is 23.7 Å². The number of methoxy groups -OCH3 is 1. The zero-order valence-corrected chi connectivity index (χ0v) is 32.2. The van der Waals surface area contributed by atoms with Gasteiger partial charge in [-0.05, 0) is 95.8 Å². The zero-order chi connectivity index (χ0) is 39.7. The van der Waals surface area contributed by atoms with Crippen LogP contribution in [0.5, 0.6) is 17.2 Å². The van der Waals surface area contributed by atoms with Crippen molar-refractivity contribution in [3.8, 4) is 17.2 Å². The van der Waals surface area contributed by atoms with Gasteiger partial charge in [-0.2, -0.15) is 5.01 Å². The number of benzene rings is 5. The number of rotatable bonds is 8. The molecule has 288 valence electrons. The maximum atomic E-state index is 15.6. The van der Waals surface area contributed by atoms with E-state index in [1.54, 1.807) is 73.8 Å². The lowest BCUT2D eigenvalue weighted by molar-refractivity contribution is -0.141. The Morgan fingerprint density at radius 1 is 0.825 bits per heavy atom. The number of imide groups is 2. The Morgan fingerprint density at radius 3 is 2.28 bits per heavy atom. The van der Waals surface area contributed by atoms with E-state index in [2.05, 4.69) is 5.43 Å². The highest BCUT2D eigenvalue weighted by molar-refractivity contribution is 6.36. The number of halogens is 2. The van der Waals surface area contributed by atoms with Gasteiger partial charge in [-0.25, -0.2) is 0 Å². The van der Waals surface area contributed by atoms with E-state index in [1.807, 2.05) is 36.4 Å². The molecule has 1 saturated carbocycles. The molecule has 57 heavy (non-hydrogen) atoms. The molecule has 4 aliphatic rings. The summed E-state index contributed by atoms with van der Waals surface area (Å²) in [5.74, 6) is -4.58. The average Bonchev–Trinajstić information content (AvgIpc) is 3.59. The largest absolute Gasteiger partial charge is 0.508 e. The van der Waals surface area contributed by atoms with Crippen LogP contribution in [0.15, 0.2) is 115 Å². The summed E-state index contributed by atoms with van der Waals surface area (Å²) in [6, 6.07) is 29.3. The molecule has 12 heteroatoms. The number of fused-ring (bicyclic) bond motifs is 5. The molecule has 0 radical (unpaired) electrons. The number of phenolic OH excluding ortho intramolecular Hbond substituents is 2. The van der Waals surface area contributed by atoms with Gasteiger partial charge in [0.15, 0.2) is 0 Å². The van der Waals surface area contributed by atoms with E-state index in [9.17, 15) is 19.8 Å².